The lowest BCUT2D eigenvalue weighted by atomic mass is 10.1. The molecular weight excluding hydrogens is 390 g/mol. The summed E-state index contributed by atoms with van der Waals surface area (Å²) in [7, 11) is 0. The number of amides is 3. The Morgan fingerprint density at radius 2 is 1.76 bits per heavy atom. The third-order valence-electron chi connectivity index (χ3n) is 4.28. The average Bonchev–Trinajstić information content (AvgIpc) is 2.69. The summed E-state index contributed by atoms with van der Waals surface area (Å²) in [6.45, 7) is 3.93. The summed E-state index contributed by atoms with van der Waals surface area (Å²) in [6, 6.07) is 13.3. The van der Waals surface area contributed by atoms with Crippen LogP contribution in [0.1, 0.15) is 17.5 Å². The third kappa shape index (κ3) is 5.74. The van der Waals surface area contributed by atoms with Gasteiger partial charge >= 0.3 is 0 Å². The van der Waals surface area contributed by atoms with Crippen LogP contribution in [0.5, 0.6) is 5.75 Å². The van der Waals surface area contributed by atoms with E-state index in [2.05, 4.69) is 10.9 Å². The van der Waals surface area contributed by atoms with E-state index < -0.39 is 5.91 Å². The maximum atomic E-state index is 12.2. The van der Waals surface area contributed by atoms with Gasteiger partial charge in [0.15, 0.2) is 6.61 Å². The Bertz CT molecular complexity index is 912. The van der Waals surface area contributed by atoms with E-state index in [1.807, 2.05) is 56.3 Å². The number of benzene rings is 2. The summed E-state index contributed by atoms with van der Waals surface area (Å²) in [6.07, 6.45) is 0.0724. The second-order valence-electron chi connectivity index (χ2n) is 6.76. The van der Waals surface area contributed by atoms with Gasteiger partial charge in [-0.25, -0.2) is 0 Å². The molecule has 0 radical (unpaired) electrons. The molecule has 0 fully saturated rings. The number of carbonyl (C=O) groups excluding carboxylic acids is 3. The van der Waals surface area contributed by atoms with Gasteiger partial charge in [0.05, 0.1) is 11.4 Å². The summed E-state index contributed by atoms with van der Waals surface area (Å²) in [5.41, 5.74) is 7.58. The van der Waals surface area contributed by atoms with Crippen LogP contribution in [0, 0.1) is 13.8 Å². The number of para-hydroxylation sites is 1. The third-order valence-corrected chi connectivity index (χ3v) is 5.32. The standard InChI is InChI=1S/C21H23N3O4S/c1-14-9-15(2)11-16(10-14)28-12-20(26)23-22-19(25)7-8-24-17-5-3-4-6-18(17)29-13-21(24)27/h3-6,9-11H,7-8,12-13H2,1-2H3,(H,22,25)(H,23,26). The molecule has 8 heteroatoms. The van der Waals surface area contributed by atoms with Gasteiger partial charge in [0.25, 0.3) is 5.91 Å². The number of fused-ring (bicyclic) bond motifs is 1. The second-order valence-corrected chi connectivity index (χ2v) is 7.78. The summed E-state index contributed by atoms with van der Waals surface area (Å²) in [4.78, 5) is 38.8. The van der Waals surface area contributed by atoms with Gasteiger partial charge in [0.1, 0.15) is 5.75 Å². The average molecular weight is 413 g/mol. The highest BCUT2D eigenvalue weighted by Crippen LogP contribution is 2.34. The monoisotopic (exact) mass is 413 g/mol. The summed E-state index contributed by atoms with van der Waals surface area (Å²) < 4.78 is 5.45. The quantitative estimate of drug-likeness (QED) is 0.710. The predicted molar refractivity (Wildman–Crippen MR) is 112 cm³/mol. The molecule has 0 aliphatic carbocycles. The summed E-state index contributed by atoms with van der Waals surface area (Å²) in [5, 5.41) is 0. The molecule has 1 aliphatic rings. The fraction of sp³-hybridized carbons (Fsp3) is 0.286. The van der Waals surface area contributed by atoms with E-state index in [4.69, 9.17) is 4.74 Å². The number of anilines is 1. The minimum Gasteiger partial charge on any atom is -0.484 e. The van der Waals surface area contributed by atoms with Crippen LogP contribution < -0.4 is 20.5 Å². The van der Waals surface area contributed by atoms with E-state index in [1.165, 1.54) is 11.8 Å². The van der Waals surface area contributed by atoms with Gasteiger partial charge in [0.2, 0.25) is 11.8 Å². The van der Waals surface area contributed by atoms with Crippen LogP contribution in [-0.4, -0.2) is 36.6 Å². The first-order chi connectivity index (χ1) is 13.9. The summed E-state index contributed by atoms with van der Waals surface area (Å²) in [5.74, 6) is 0.0728. The number of nitrogens with one attached hydrogen (secondary N) is 2. The fourth-order valence-corrected chi connectivity index (χ4v) is 3.95. The van der Waals surface area contributed by atoms with Crippen LogP contribution >= 0.6 is 11.8 Å². The molecule has 0 saturated heterocycles. The van der Waals surface area contributed by atoms with Gasteiger partial charge in [0, 0.05) is 17.9 Å². The number of rotatable bonds is 6. The van der Waals surface area contributed by atoms with Crippen LogP contribution in [-0.2, 0) is 14.4 Å². The molecule has 0 atom stereocenters. The molecule has 3 rings (SSSR count). The van der Waals surface area contributed by atoms with Crippen molar-refractivity contribution < 1.29 is 19.1 Å². The maximum absolute atomic E-state index is 12.2. The largest absolute Gasteiger partial charge is 0.484 e. The molecule has 7 nitrogen and oxygen atoms in total. The van der Waals surface area contributed by atoms with Crippen LogP contribution in [0.4, 0.5) is 5.69 Å². The van der Waals surface area contributed by atoms with E-state index in [9.17, 15) is 14.4 Å². The lowest BCUT2D eigenvalue weighted by Crippen LogP contribution is -2.45. The van der Waals surface area contributed by atoms with E-state index in [-0.39, 0.29) is 31.4 Å². The first kappa shape index (κ1) is 20.7. The first-order valence-corrected chi connectivity index (χ1v) is 10.2. The normalized spacial score (nSPS) is 12.9. The number of hydrogen-bond donors (Lipinski definition) is 2. The van der Waals surface area contributed by atoms with Crippen molar-refractivity contribution in [2.75, 3.05) is 23.8 Å². The molecule has 1 aliphatic heterocycles. The molecule has 152 valence electrons. The van der Waals surface area contributed by atoms with Crippen molar-refractivity contribution in [2.24, 2.45) is 0 Å². The Balaban J connectivity index is 1.43. The minimum absolute atomic E-state index is 0.0348. The van der Waals surface area contributed by atoms with Crippen LogP contribution in [0.3, 0.4) is 0 Å². The SMILES string of the molecule is Cc1cc(C)cc(OCC(=O)NNC(=O)CCN2C(=O)CSc3ccccc32)c1. The Hall–Kier alpha value is -3.00. The highest BCUT2D eigenvalue weighted by Gasteiger charge is 2.24. The molecule has 0 saturated carbocycles. The molecule has 1 heterocycles. The van der Waals surface area contributed by atoms with Crippen molar-refractivity contribution in [1.29, 1.82) is 0 Å². The fourth-order valence-electron chi connectivity index (χ4n) is 3.02. The van der Waals surface area contributed by atoms with Gasteiger partial charge in [-0.15, -0.1) is 11.8 Å². The number of thioether (sulfide) groups is 1. The van der Waals surface area contributed by atoms with E-state index >= 15 is 0 Å². The van der Waals surface area contributed by atoms with Crippen LogP contribution in [0.2, 0.25) is 0 Å². The summed E-state index contributed by atoms with van der Waals surface area (Å²) >= 11 is 1.49. The lowest BCUT2D eigenvalue weighted by Gasteiger charge is -2.28. The van der Waals surface area contributed by atoms with Gasteiger partial charge in [-0.05, 0) is 49.2 Å². The Morgan fingerprint density at radius 1 is 1.07 bits per heavy atom. The van der Waals surface area contributed by atoms with E-state index in [0.717, 1.165) is 21.7 Å². The lowest BCUT2D eigenvalue weighted by molar-refractivity contribution is -0.130. The Labute approximate surface area is 173 Å². The van der Waals surface area contributed by atoms with Crippen molar-refractivity contribution >= 4 is 35.2 Å². The predicted octanol–water partition coefficient (Wildman–Crippen LogP) is 2.36. The maximum Gasteiger partial charge on any atom is 0.276 e. The zero-order valence-corrected chi connectivity index (χ0v) is 17.2. The van der Waals surface area contributed by atoms with Crippen molar-refractivity contribution in [3.8, 4) is 5.75 Å². The molecule has 0 spiro atoms. The number of hydrogen-bond acceptors (Lipinski definition) is 5. The molecule has 3 amide bonds. The highest BCUT2D eigenvalue weighted by atomic mass is 32.2. The van der Waals surface area contributed by atoms with E-state index in [1.54, 1.807) is 4.90 Å². The zero-order chi connectivity index (χ0) is 20.8. The van der Waals surface area contributed by atoms with Crippen LogP contribution in [0.15, 0.2) is 47.4 Å². The number of nitrogens with zero attached hydrogens (tertiary/aromatic N) is 1. The van der Waals surface area contributed by atoms with Gasteiger partial charge in [-0.1, -0.05) is 18.2 Å². The number of hydrazine groups is 1. The highest BCUT2D eigenvalue weighted by molar-refractivity contribution is 8.00. The number of ether oxygens (including phenoxy) is 1. The smallest absolute Gasteiger partial charge is 0.276 e. The van der Waals surface area contributed by atoms with Crippen molar-refractivity contribution in [3.05, 3.63) is 53.6 Å². The molecular formula is C21H23N3O4S. The minimum atomic E-state index is -0.465. The van der Waals surface area contributed by atoms with Crippen LogP contribution in [0.25, 0.3) is 0 Å². The van der Waals surface area contributed by atoms with Crippen molar-refractivity contribution in [2.45, 2.75) is 25.2 Å². The van der Waals surface area contributed by atoms with Gasteiger partial charge in [-0.3, -0.25) is 25.2 Å². The first-order valence-electron chi connectivity index (χ1n) is 9.23. The molecule has 2 N–H and O–H groups in total. The molecule has 0 aromatic heterocycles. The number of aryl methyl sites for hydroxylation is 2. The molecule has 0 bridgehead atoms. The van der Waals surface area contributed by atoms with E-state index in [0.29, 0.717) is 11.5 Å². The van der Waals surface area contributed by atoms with Crippen molar-refractivity contribution in [1.82, 2.24) is 10.9 Å². The topological polar surface area (TPSA) is 87.7 Å². The number of carbonyl (C=O) groups is 3. The molecule has 2 aromatic carbocycles. The van der Waals surface area contributed by atoms with Gasteiger partial charge in [-0.2, -0.15) is 0 Å². The van der Waals surface area contributed by atoms with Gasteiger partial charge < -0.3 is 9.64 Å². The Morgan fingerprint density at radius 3 is 2.52 bits per heavy atom. The molecule has 29 heavy (non-hydrogen) atoms. The van der Waals surface area contributed by atoms with Crippen molar-refractivity contribution in [3.63, 3.8) is 0 Å². The molecule has 0 unspecified atom stereocenters. The second kappa shape index (κ2) is 9.47. The Kier molecular flexibility index (Phi) is 6.77. The molecule has 2 aromatic rings. The zero-order valence-electron chi connectivity index (χ0n) is 16.4.